The van der Waals surface area contributed by atoms with Gasteiger partial charge in [-0.05, 0) is 48.2 Å². The van der Waals surface area contributed by atoms with E-state index in [0.717, 1.165) is 44.7 Å². The third-order valence-electron chi connectivity index (χ3n) is 6.41. The van der Waals surface area contributed by atoms with Crippen LogP contribution in [0.4, 0.5) is 14.5 Å². The van der Waals surface area contributed by atoms with Crippen molar-refractivity contribution >= 4 is 43.5 Å². The zero-order valence-corrected chi connectivity index (χ0v) is 25.4. The van der Waals surface area contributed by atoms with Gasteiger partial charge in [-0.1, -0.05) is 65.3 Å². The van der Waals surface area contributed by atoms with Crippen LogP contribution < -0.4 is 9.62 Å². The molecule has 1 N–H and O–H groups in total. The van der Waals surface area contributed by atoms with Crippen LogP contribution in [0.15, 0.2) is 77.3 Å². The summed E-state index contributed by atoms with van der Waals surface area (Å²) in [5.74, 6) is -2.88. The Labute approximate surface area is 248 Å². The highest BCUT2D eigenvalue weighted by Gasteiger charge is 2.30. The van der Waals surface area contributed by atoms with E-state index in [4.69, 9.17) is 0 Å². The number of hydrogen-bond donors (Lipinski definition) is 1. The Morgan fingerprint density at radius 3 is 2.29 bits per heavy atom. The first-order chi connectivity index (χ1) is 19.5. The molecule has 0 aromatic heterocycles. The molecule has 0 saturated heterocycles. The normalized spacial score (nSPS) is 12.0. The molecule has 2 amide bonds. The van der Waals surface area contributed by atoms with E-state index in [1.54, 1.807) is 0 Å². The van der Waals surface area contributed by atoms with Crippen LogP contribution in [0.25, 0.3) is 0 Å². The van der Waals surface area contributed by atoms with Gasteiger partial charge in [0.2, 0.25) is 21.8 Å². The quantitative estimate of drug-likeness (QED) is 0.252. The molecule has 1 atom stereocenters. The topological polar surface area (TPSA) is 86.8 Å². The van der Waals surface area contributed by atoms with Crippen LogP contribution in [0.1, 0.15) is 37.3 Å². The van der Waals surface area contributed by atoms with Gasteiger partial charge < -0.3 is 10.2 Å². The van der Waals surface area contributed by atoms with Crippen molar-refractivity contribution in [1.29, 1.82) is 0 Å². The summed E-state index contributed by atoms with van der Waals surface area (Å²) in [5, 5.41) is 2.91. The number of nitrogens with zero attached hydrogens (tertiary/aromatic N) is 2. The number of halogens is 3. The lowest BCUT2D eigenvalue weighted by atomic mass is 10.0. The first-order valence-electron chi connectivity index (χ1n) is 13.3. The molecule has 220 valence electrons. The zero-order chi connectivity index (χ0) is 30.0. The van der Waals surface area contributed by atoms with Crippen LogP contribution in [0.5, 0.6) is 0 Å². The van der Waals surface area contributed by atoms with Gasteiger partial charge in [0, 0.05) is 43.0 Å². The van der Waals surface area contributed by atoms with E-state index in [-0.39, 0.29) is 43.4 Å². The van der Waals surface area contributed by atoms with Crippen molar-refractivity contribution in [3.63, 3.8) is 0 Å². The van der Waals surface area contributed by atoms with E-state index in [9.17, 15) is 26.8 Å². The second-order valence-corrected chi connectivity index (χ2v) is 12.5. The maximum atomic E-state index is 13.9. The minimum Gasteiger partial charge on any atom is -0.354 e. The Hall–Kier alpha value is -3.31. The van der Waals surface area contributed by atoms with Gasteiger partial charge in [0.25, 0.3) is 0 Å². The molecule has 0 radical (unpaired) electrons. The van der Waals surface area contributed by atoms with Crippen LogP contribution in [0.3, 0.4) is 0 Å². The number of carbonyl (C=O) groups is 2. The van der Waals surface area contributed by atoms with E-state index in [1.807, 2.05) is 61.5 Å². The van der Waals surface area contributed by atoms with Crippen LogP contribution in [0.2, 0.25) is 0 Å². The van der Waals surface area contributed by atoms with Crippen molar-refractivity contribution in [2.75, 3.05) is 23.7 Å². The molecule has 11 heteroatoms. The van der Waals surface area contributed by atoms with E-state index < -0.39 is 27.7 Å². The number of benzene rings is 3. The van der Waals surface area contributed by atoms with Gasteiger partial charge in [-0.3, -0.25) is 13.9 Å². The summed E-state index contributed by atoms with van der Waals surface area (Å²) < 4.78 is 54.0. The molecule has 0 spiro atoms. The van der Waals surface area contributed by atoms with Crippen LogP contribution in [0, 0.1) is 11.6 Å². The van der Waals surface area contributed by atoms with E-state index >= 15 is 0 Å². The smallest absolute Gasteiger partial charge is 0.243 e. The van der Waals surface area contributed by atoms with Gasteiger partial charge in [0.15, 0.2) is 11.6 Å². The molecule has 3 aromatic rings. The molecule has 0 heterocycles. The number of rotatable bonds is 14. The van der Waals surface area contributed by atoms with Crippen molar-refractivity contribution in [2.45, 2.75) is 45.2 Å². The monoisotopic (exact) mass is 649 g/mol. The Bertz CT molecular complexity index is 1440. The summed E-state index contributed by atoms with van der Waals surface area (Å²) in [6, 6.07) is 18.9. The number of nitrogens with one attached hydrogen (secondary N) is 1. The predicted octanol–water partition coefficient (Wildman–Crippen LogP) is 5.44. The van der Waals surface area contributed by atoms with Crippen molar-refractivity contribution in [3.8, 4) is 0 Å². The average Bonchev–Trinajstić information content (AvgIpc) is 2.93. The molecule has 0 saturated carbocycles. The molecule has 0 aliphatic carbocycles. The Balaban J connectivity index is 1.88. The molecular weight excluding hydrogens is 616 g/mol. The summed E-state index contributed by atoms with van der Waals surface area (Å²) in [4.78, 5) is 28.7. The molecule has 0 aliphatic heterocycles. The Kier molecular flexibility index (Phi) is 11.8. The van der Waals surface area contributed by atoms with E-state index in [0.29, 0.717) is 13.0 Å². The standard InChI is InChI=1S/C30H34BrF2N3O4S/c1-3-16-34-30(38)28(19-22-9-5-4-6-10-22)35(21-23-11-7-12-24(31)18-23)29(37)13-8-17-36(41(2,39)40)25-14-15-26(32)27(33)20-25/h4-7,9-12,14-15,18,20,28H,3,8,13,16-17,19,21H2,1-2H3,(H,34,38)/t28-/m0/s1. The Morgan fingerprint density at radius 2 is 1.66 bits per heavy atom. The SMILES string of the molecule is CCCNC(=O)[C@H](Cc1ccccc1)N(Cc1cccc(Br)c1)C(=O)CCCN(c1ccc(F)c(F)c1)S(C)(=O)=O. The van der Waals surface area contributed by atoms with E-state index in [1.165, 1.54) is 11.0 Å². The molecule has 0 bridgehead atoms. The fourth-order valence-electron chi connectivity index (χ4n) is 4.40. The fraction of sp³-hybridized carbons (Fsp3) is 0.333. The van der Waals surface area contributed by atoms with E-state index in [2.05, 4.69) is 21.2 Å². The second-order valence-electron chi connectivity index (χ2n) is 9.69. The number of sulfonamides is 1. The third-order valence-corrected chi connectivity index (χ3v) is 8.09. The second kappa shape index (κ2) is 15.1. The third kappa shape index (κ3) is 9.64. The van der Waals surface area contributed by atoms with Crippen LogP contribution in [-0.4, -0.2) is 50.5 Å². The first-order valence-corrected chi connectivity index (χ1v) is 15.9. The highest BCUT2D eigenvalue weighted by Crippen LogP contribution is 2.23. The minimum absolute atomic E-state index is 0.0364. The van der Waals surface area contributed by atoms with Gasteiger partial charge in [0.05, 0.1) is 11.9 Å². The highest BCUT2D eigenvalue weighted by atomic mass is 79.9. The van der Waals surface area contributed by atoms with Crippen molar-refractivity contribution in [2.24, 2.45) is 0 Å². The van der Waals surface area contributed by atoms with Crippen molar-refractivity contribution in [1.82, 2.24) is 10.2 Å². The maximum absolute atomic E-state index is 13.9. The van der Waals surface area contributed by atoms with Gasteiger partial charge >= 0.3 is 0 Å². The molecule has 0 unspecified atom stereocenters. The number of anilines is 1. The summed E-state index contributed by atoms with van der Waals surface area (Å²) >= 11 is 3.46. The number of carbonyl (C=O) groups excluding carboxylic acids is 2. The highest BCUT2D eigenvalue weighted by molar-refractivity contribution is 9.10. The molecule has 3 rings (SSSR count). The molecular formula is C30H34BrF2N3O4S. The van der Waals surface area contributed by atoms with Crippen LogP contribution in [-0.2, 0) is 32.6 Å². The zero-order valence-electron chi connectivity index (χ0n) is 23.0. The molecule has 41 heavy (non-hydrogen) atoms. The lowest BCUT2D eigenvalue weighted by Crippen LogP contribution is -2.50. The Morgan fingerprint density at radius 1 is 0.951 bits per heavy atom. The van der Waals surface area contributed by atoms with Gasteiger partial charge in [-0.25, -0.2) is 17.2 Å². The van der Waals surface area contributed by atoms with Gasteiger partial charge in [-0.2, -0.15) is 0 Å². The molecule has 0 aliphatic rings. The lowest BCUT2D eigenvalue weighted by molar-refractivity contribution is -0.141. The fourth-order valence-corrected chi connectivity index (χ4v) is 5.80. The summed E-state index contributed by atoms with van der Waals surface area (Å²) in [6.45, 7) is 2.43. The first kappa shape index (κ1) is 32.2. The number of amides is 2. The maximum Gasteiger partial charge on any atom is 0.243 e. The van der Waals surface area contributed by atoms with Crippen molar-refractivity contribution < 1.29 is 26.8 Å². The molecule has 0 fully saturated rings. The summed E-state index contributed by atoms with van der Waals surface area (Å²) in [6.07, 6.45) is 2.00. The largest absolute Gasteiger partial charge is 0.354 e. The average molecular weight is 651 g/mol. The number of hydrogen-bond acceptors (Lipinski definition) is 4. The summed E-state index contributed by atoms with van der Waals surface area (Å²) in [7, 11) is -3.85. The van der Waals surface area contributed by atoms with Crippen LogP contribution >= 0.6 is 15.9 Å². The molecule has 7 nitrogen and oxygen atoms in total. The lowest BCUT2D eigenvalue weighted by Gasteiger charge is -2.32. The molecule has 3 aromatic carbocycles. The predicted molar refractivity (Wildman–Crippen MR) is 160 cm³/mol. The minimum atomic E-state index is -3.85. The van der Waals surface area contributed by atoms with Crippen molar-refractivity contribution in [3.05, 3.63) is 100 Å². The van der Waals surface area contributed by atoms with Gasteiger partial charge in [-0.15, -0.1) is 0 Å². The van der Waals surface area contributed by atoms with Gasteiger partial charge in [0.1, 0.15) is 6.04 Å². The summed E-state index contributed by atoms with van der Waals surface area (Å²) in [5.41, 5.74) is 1.66.